The number of nitrogen functional groups attached to an aromatic ring is 1. The molecule has 0 aliphatic rings. The fourth-order valence-electron chi connectivity index (χ4n) is 2.41. The molecule has 0 bridgehead atoms. The number of esters is 1. The Hall–Kier alpha value is -2.28. The first-order valence-electron chi connectivity index (χ1n) is 6.62. The van der Waals surface area contributed by atoms with Gasteiger partial charge in [-0.1, -0.05) is 29.8 Å². The van der Waals surface area contributed by atoms with Crippen LogP contribution in [0, 0.1) is 12.7 Å². The molecule has 0 saturated heterocycles. The van der Waals surface area contributed by atoms with Crippen molar-refractivity contribution in [3.63, 3.8) is 0 Å². The first-order valence-corrected chi connectivity index (χ1v) is 7.00. The van der Waals surface area contributed by atoms with Crippen molar-refractivity contribution in [2.45, 2.75) is 13.1 Å². The summed E-state index contributed by atoms with van der Waals surface area (Å²) in [5, 5.41) is -0.377. The van der Waals surface area contributed by atoms with E-state index in [4.69, 9.17) is 17.3 Å². The van der Waals surface area contributed by atoms with E-state index in [1.807, 2.05) is 0 Å². The van der Waals surface area contributed by atoms with Gasteiger partial charge in [-0.15, -0.1) is 0 Å². The van der Waals surface area contributed by atoms with Gasteiger partial charge in [0.05, 0.1) is 28.9 Å². The first kappa shape index (κ1) is 18.1. The van der Waals surface area contributed by atoms with Gasteiger partial charge in [0.1, 0.15) is 0 Å². The highest BCUT2D eigenvalue weighted by Gasteiger charge is 2.37. The number of hydrogen-bond donors (Lipinski definition) is 1. The lowest BCUT2D eigenvalue weighted by Crippen LogP contribution is -2.12. The molecule has 0 radical (unpaired) electrons. The third-order valence-corrected chi connectivity index (χ3v) is 3.79. The number of halogens is 5. The average Bonchev–Trinajstić information content (AvgIpc) is 2.49. The zero-order valence-corrected chi connectivity index (χ0v) is 13.3. The molecule has 24 heavy (non-hydrogen) atoms. The molecule has 0 heterocycles. The van der Waals surface area contributed by atoms with Crippen LogP contribution in [0.15, 0.2) is 24.3 Å². The van der Waals surface area contributed by atoms with Crippen LogP contribution in [0.3, 0.4) is 0 Å². The van der Waals surface area contributed by atoms with Crippen molar-refractivity contribution < 1.29 is 27.1 Å². The lowest BCUT2D eigenvalue weighted by molar-refractivity contribution is -0.137. The first-order chi connectivity index (χ1) is 11.1. The number of ether oxygens (including phenoxy) is 1. The largest absolute Gasteiger partial charge is 0.465 e. The predicted octanol–water partition coefficient (Wildman–Crippen LogP) is 4.84. The van der Waals surface area contributed by atoms with Gasteiger partial charge in [-0.25, -0.2) is 9.18 Å². The van der Waals surface area contributed by atoms with Crippen LogP contribution >= 0.6 is 11.6 Å². The zero-order valence-electron chi connectivity index (χ0n) is 12.6. The Kier molecular flexibility index (Phi) is 4.75. The van der Waals surface area contributed by atoms with Gasteiger partial charge in [0, 0.05) is 5.56 Å². The number of aryl methyl sites for hydroxylation is 1. The van der Waals surface area contributed by atoms with E-state index in [-0.39, 0.29) is 16.1 Å². The maximum atomic E-state index is 14.6. The Bertz CT molecular complexity index is 819. The van der Waals surface area contributed by atoms with E-state index < -0.39 is 40.3 Å². The second-order valence-electron chi connectivity index (χ2n) is 5.00. The molecule has 0 aliphatic heterocycles. The van der Waals surface area contributed by atoms with Crippen LogP contribution in [-0.4, -0.2) is 13.1 Å². The Balaban J connectivity index is 2.83. The molecule has 3 nitrogen and oxygen atoms in total. The minimum Gasteiger partial charge on any atom is -0.465 e. The Labute approximate surface area is 140 Å². The molecule has 0 amide bonds. The van der Waals surface area contributed by atoms with Gasteiger partial charge in [-0.3, -0.25) is 0 Å². The minimum absolute atomic E-state index is 0.0916. The number of nitrogens with two attached hydrogens (primary N) is 1. The quantitative estimate of drug-likeness (QED) is 0.473. The summed E-state index contributed by atoms with van der Waals surface area (Å²) < 4.78 is 59.1. The normalized spacial score (nSPS) is 11.5. The summed E-state index contributed by atoms with van der Waals surface area (Å²) in [6, 6.07) is 4.69. The number of benzene rings is 2. The molecule has 8 heteroatoms. The van der Waals surface area contributed by atoms with Crippen LogP contribution in [0.25, 0.3) is 11.1 Å². The van der Waals surface area contributed by atoms with Gasteiger partial charge in [0.15, 0.2) is 5.82 Å². The summed E-state index contributed by atoms with van der Waals surface area (Å²) in [6.45, 7) is 1.25. The Morgan fingerprint density at radius 3 is 2.46 bits per heavy atom. The lowest BCUT2D eigenvalue weighted by Gasteiger charge is -2.18. The van der Waals surface area contributed by atoms with E-state index in [0.29, 0.717) is 0 Å². The number of rotatable bonds is 2. The molecule has 0 spiro atoms. The fourth-order valence-corrected chi connectivity index (χ4v) is 2.71. The van der Waals surface area contributed by atoms with Gasteiger partial charge >= 0.3 is 12.1 Å². The van der Waals surface area contributed by atoms with Gasteiger partial charge in [0.2, 0.25) is 0 Å². The van der Waals surface area contributed by atoms with Crippen molar-refractivity contribution >= 4 is 23.3 Å². The van der Waals surface area contributed by atoms with Gasteiger partial charge in [-0.05, 0) is 24.1 Å². The van der Waals surface area contributed by atoms with Crippen LogP contribution in [0.2, 0.25) is 5.02 Å². The summed E-state index contributed by atoms with van der Waals surface area (Å²) in [5.74, 6) is -2.15. The molecule has 2 aromatic rings. The third kappa shape index (κ3) is 3.03. The maximum Gasteiger partial charge on any atom is 0.417 e. The molecule has 0 aliphatic carbocycles. The van der Waals surface area contributed by atoms with Crippen LogP contribution in [-0.2, 0) is 10.9 Å². The molecule has 2 rings (SSSR count). The minimum atomic E-state index is -4.72. The van der Waals surface area contributed by atoms with Gasteiger partial charge in [0.25, 0.3) is 0 Å². The number of carbonyl (C=O) groups is 1. The molecular formula is C16H12ClF4NO2. The maximum absolute atomic E-state index is 14.6. The fraction of sp³-hybridized carbons (Fsp3) is 0.188. The van der Waals surface area contributed by atoms with Gasteiger partial charge in [-0.2, -0.15) is 13.2 Å². The van der Waals surface area contributed by atoms with E-state index >= 15 is 0 Å². The van der Waals surface area contributed by atoms with Crippen molar-refractivity contribution in [3.8, 4) is 11.1 Å². The summed E-state index contributed by atoms with van der Waals surface area (Å²) in [7, 11) is 1.06. The predicted molar refractivity (Wildman–Crippen MR) is 82.3 cm³/mol. The number of methoxy groups -OCH3 is 1. The topological polar surface area (TPSA) is 52.3 Å². The molecule has 2 N–H and O–H groups in total. The zero-order chi connectivity index (χ0) is 18.2. The summed E-state index contributed by atoms with van der Waals surface area (Å²) in [5.41, 5.74) is 2.49. The number of hydrogen-bond acceptors (Lipinski definition) is 3. The van der Waals surface area contributed by atoms with E-state index in [1.54, 1.807) is 0 Å². The van der Waals surface area contributed by atoms with Crippen molar-refractivity contribution in [1.82, 2.24) is 0 Å². The second kappa shape index (κ2) is 6.32. The van der Waals surface area contributed by atoms with Crippen molar-refractivity contribution in [1.29, 1.82) is 0 Å². The average molecular weight is 362 g/mol. The van der Waals surface area contributed by atoms with Crippen LogP contribution < -0.4 is 5.73 Å². The molecule has 0 unspecified atom stereocenters. The summed E-state index contributed by atoms with van der Waals surface area (Å²) in [6.07, 6.45) is -4.72. The van der Waals surface area contributed by atoms with E-state index in [2.05, 4.69) is 4.74 Å². The molecule has 2 aromatic carbocycles. The summed E-state index contributed by atoms with van der Waals surface area (Å²) in [4.78, 5) is 11.6. The molecule has 128 valence electrons. The standard InChI is InChI=1S/C16H12ClF4NO2/c1-7-4-3-5-8(12(7)16(19,20)21)11-10(17)6-9(15(23)24-2)14(22)13(11)18/h3-6H,22H2,1-2H3. The van der Waals surface area contributed by atoms with Crippen molar-refractivity contribution in [3.05, 3.63) is 51.8 Å². The number of anilines is 1. The van der Waals surface area contributed by atoms with Crippen LogP contribution in [0.1, 0.15) is 21.5 Å². The van der Waals surface area contributed by atoms with Crippen LogP contribution in [0.4, 0.5) is 23.2 Å². The van der Waals surface area contributed by atoms with E-state index in [0.717, 1.165) is 19.2 Å². The van der Waals surface area contributed by atoms with Crippen molar-refractivity contribution in [2.24, 2.45) is 0 Å². The SMILES string of the molecule is COC(=O)c1cc(Cl)c(-c2cccc(C)c2C(F)(F)F)c(F)c1N. The smallest absolute Gasteiger partial charge is 0.417 e. The number of alkyl halides is 3. The Morgan fingerprint density at radius 2 is 1.92 bits per heavy atom. The van der Waals surface area contributed by atoms with Gasteiger partial charge < -0.3 is 10.5 Å². The second-order valence-corrected chi connectivity index (χ2v) is 5.40. The highest BCUT2D eigenvalue weighted by Crippen LogP contribution is 2.44. The van der Waals surface area contributed by atoms with Crippen molar-refractivity contribution in [2.75, 3.05) is 12.8 Å². The molecule has 0 aromatic heterocycles. The molecule has 0 atom stereocenters. The highest BCUT2D eigenvalue weighted by molar-refractivity contribution is 6.34. The van der Waals surface area contributed by atoms with Crippen LogP contribution in [0.5, 0.6) is 0 Å². The lowest BCUT2D eigenvalue weighted by atomic mass is 9.93. The van der Waals surface area contributed by atoms with E-state index in [1.165, 1.54) is 19.1 Å². The molecule has 0 fully saturated rings. The number of carbonyl (C=O) groups excluding carboxylic acids is 1. The monoisotopic (exact) mass is 361 g/mol. The highest BCUT2D eigenvalue weighted by atomic mass is 35.5. The summed E-state index contributed by atoms with van der Waals surface area (Å²) >= 11 is 5.95. The Morgan fingerprint density at radius 1 is 1.29 bits per heavy atom. The van der Waals surface area contributed by atoms with E-state index in [9.17, 15) is 22.4 Å². The molecular weight excluding hydrogens is 350 g/mol. The third-order valence-electron chi connectivity index (χ3n) is 3.49. The molecule has 0 saturated carbocycles.